The molecule has 1 atom stereocenters. The number of H-pyrrole nitrogens is 1. The van der Waals surface area contributed by atoms with Crippen molar-refractivity contribution in [3.05, 3.63) is 47.0 Å². The number of nitriles is 1. The highest BCUT2D eigenvalue weighted by atomic mass is 16.5. The summed E-state index contributed by atoms with van der Waals surface area (Å²) in [6, 6.07) is 12.7. The van der Waals surface area contributed by atoms with E-state index >= 15 is 0 Å². The Morgan fingerprint density at radius 1 is 1.26 bits per heavy atom. The van der Waals surface area contributed by atoms with Gasteiger partial charge in [0.15, 0.2) is 0 Å². The molecule has 3 heterocycles. The van der Waals surface area contributed by atoms with Gasteiger partial charge in [0.25, 0.3) is 5.82 Å². The highest BCUT2D eigenvalue weighted by Gasteiger charge is 2.34. The molecule has 0 saturated carbocycles. The van der Waals surface area contributed by atoms with Gasteiger partial charge in [-0.1, -0.05) is 30.3 Å². The lowest BCUT2D eigenvalue weighted by Crippen LogP contribution is -2.35. The van der Waals surface area contributed by atoms with Crippen LogP contribution in [0.5, 0.6) is 0 Å². The van der Waals surface area contributed by atoms with E-state index < -0.39 is 0 Å². The number of rotatable bonds is 4. The molecule has 2 aliphatic heterocycles. The van der Waals surface area contributed by atoms with Crippen molar-refractivity contribution in [2.75, 3.05) is 18.5 Å². The molecule has 27 heavy (non-hydrogen) atoms. The number of nitrogens with zero attached hydrogens (tertiary/aromatic N) is 1. The maximum atomic E-state index is 9.92. The van der Waals surface area contributed by atoms with Crippen LogP contribution in [0.15, 0.2) is 30.3 Å². The third-order valence-corrected chi connectivity index (χ3v) is 5.38. The smallest absolute Gasteiger partial charge is 0.291 e. The summed E-state index contributed by atoms with van der Waals surface area (Å²) < 4.78 is 11.8. The van der Waals surface area contributed by atoms with Crippen molar-refractivity contribution in [3.8, 4) is 17.3 Å². The first-order chi connectivity index (χ1) is 13.1. The number of anilines is 1. The second-order valence-electron chi connectivity index (χ2n) is 7.93. The van der Waals surface area contributed by atoms with Crippen molar-refractivity contribution in [2.45, 2.75) is 51.4 Å². The largest absolute Gasteiger partial charge is 0.374 e. The zero-order valence-corrected chi connectivity index (χ0v) is 16.0. The summed E-state index contributed by atoms with van der Waals surface area (Å²) in [7, 11) is 0. The second-order valence-corrected chi connectivity index (χ2v) is 7.93. The zero-order valence-electron chi connectivity index (χ0n) is 16.0. The van der Waals surface area contributed by atoms with E-state index in [1.807, 2.05) is 18.2 Å². The Labute approximate surface area is 160 Å². The molecular weight excluding hydrogens is 338 g/mol. The van der Waals surface area contributed by atoms with Crippen LogP contribution < -0.4 is 10.3 Å². The molecule has 2 aromatic rings. The van der Waals surface area contributed by atoms with Gasteiger partial charge < -0.3 is 9.47 Å². The molecular formula is C22H26N3O2+. The first-order valence-corrected chi connectivity index (χ1v) is 9.63. The Morgan fingerprint density at radius 2 is 2.07 bits per heavy atom. The van der Waals surface area contributed by atoms with Crippen LogP contribution in [0, 0.1) is 11.3 Å². The third kappa shape index (κ3) is 3.69. The predicted molar refractivity (Wildman–Crippen MR) is 103 cm³/mol. The molecule has 0 unspecified atom stereocenters. The molecule has 1 saturated heterocycles. The SMILES string of the molecule is CC1(C)Cc2c(C#N)c(NC[C@H]3CCCO3)[nH+]c(-c3ccccc3)c2CO1. The van der Waals surface area contributed by atoms with Crippen molar-refractivity contribution in [1.82, 2.24) is 0 Å². The summed E-state index contributed by atoms with van der Waals surface area (Å²) in [4.78, 5) is 3.49. The monoisotopic (exact) mass is 364 g/mol. The lowest BCUT2D eigenvalue weighted by atomic mass is 9.87. The predicted octanol–water partition coefficient (Wildman–Crippen LogP) is 3.48. The molecule has 4 rings (SSSR count). The fourth-order valence-electron chi connectivity index (χ4n) is 3.94. The van der Waals surface area contributed by atoms with Gasteiger partial charge in [0.05, 0.1) is 18.3 Å². The van der Waals surface area contributed by atoms with Gasteiger partial charge in [0.1, 0.15) is 23.9 Å². The van der Waals surface area contributed by atoms with E-state index in [4.69, 9.17) is 9.47 Å². The average Bonchev–Trinajstić information content (AvgIpc) is 3.19. The number of hydrogen-bond donors (Lipinski definition) is 1. The van der Waals surface area contributed by atoms with E-state index in [1.165, 1.54) is 0 Å². The lowest BCUT2D eigenvalue weighted by molar-refractivity contribution is -0.349. The van der Waals surface area contributed by atoms with Crippen LogP contribution in [0.25, 0.3) is 11.3 Å². The minimum atomic E-state index is -0.278. The molecule has 0 aliphatic carbocycles. The Morgan fingerprint density at radius 3 is 2.78 bits per heavy atom. The molecule has 0 radical (unpaired) electrons. The normalized spacial score (nSPS) is 20.7. The van der Waals surface area contributed by atoms with Crippen molar-refractivity contribution in [3.63, 3.8) is 0 Å². The summed E-state index contributed by atoms with van der Waals surface area (Å²) in [5.74, 6) is 0.781. The Kier molecular flexibility index (Phi) is 4.86. The van der Waals surface area contributed by atoms with E-state index in [0.717, 1.165) is 47.7 Å². The van der Waals surface area contributed by atoms with Crippen molar-refractivity contribution in [1.29, 1.82) is 5.26 Å². The summed E-state index contributed by atoms with van der Waals surface area (Å²) in [5.41, 5.74) is 4.70. The molecule has 0 amide bonds. The van der Waals surface area contributed by atoms with E-state index in [2.05, 4.69) is 42.4 Å². The minimum Gasteiger partial charge on any atom is -0.374 e. The first kappa shape index (κ1) is 18.0. The van der Waals surface area contributed by atoms with Crippen LogP contribution in [0.3, 0.4) is 0 Å². The number of hydrogen-bond acceptors (Lipinski definition) is 4. The van der Waals surface area contributed by atoms with Crippen molar-refractivity contribution in [2.24, 2.45) is 0 Å². The van der Waals surface area contributed by atoms with E-state index in [-0.39, 0.29) is 11.7 Å². The van der Waals surface area contributed by atoms with Crippen LogP contribution >= 0.6 is 0 Å². The number of aromatic amines is 1. The minimum absolute atomic E-state index is 0.209. The number of fused-ring (bicyclic) bond motifs is 1. The molecule has 5 nitrogen and oxygen atoms in total. The van der Waals surface area contributed by atoms with E-state index in [1.54, 1.807) is 0 Å². The van der Waals surface area contributed by atoms with Gasteiger partial charge in [0, 0.05) is 24.2 Å². The number of nitrogens with one attached hydrogen (secondary N) is 2. The van der Waals surface area contributed by atoms with Crippen LogP contribution in [0.1, 0.15) is 43.4 Å². The van der Waals surface area contributed by atoms with Gasteiger partial charge in [-0.15, -0.1) is 0 Å². The van der Waals surface area contributed by atoms with Gasteiger partial charge in [-0.3, -0.25) is 5.32 Å². The Hall–Kier alpha value is -2.42. The summed E-state index contributed by atoms with van der Waals surface area (Å²) in [6.07, 6.45) is 3.09. The summed E-state index contributed by atoms with van der Waals surface area (Å²) >= 11 is 0. The quantitative estimate of drug-likeness (QED) is 0.902. The molecule has 1 aromatic carbocycles. The van der Waals surface area contributed by atoms with Crippen LogP contribution in [0.2, 0.25) is 0 Å². The fraction of sp³-hybridized carbons (Fsp3) is 0.455. The van der Waals surface area contributed by atoms with Crippen LogP contribution in [-0.2, 0) is 22.5 Å². The fourth-order valence-corrected chi connectivity index (χ4v) is 3.94. The molecule has 5 heteroatoms. The maximum Gasteiger partial charge on any atom is 0.291 e. The number of pyridine rings is 1. The topological polar surface area (TPSA) is 68.4 Å². The highest BCUT2D eigenvalue weighted by Crippen LogP contribution is 2.36. The van der Waals surface area contributed by atoms with Crippen molar-refractivity contribution >= 4 is 5.82 Å². The van der Waals surface area contributed by atoms with Gasteiger partial charge in [-0.05, 0) is 32.3 Å². The van der Waals surface area contributed by atoms with E-state index in [0.29, 0.717) is 25.1 Å². The standard InChI is InChI=1S/C22H25N3O2/c1-22(2)11-17-18(12-23)21(24-13-16-9-6-10-26-16)25-20(19(17)14-27-22)15-7-4-3-5-8-15/h3-5,7-8,16H,6,9-11,13-14H2,1-2H3,(H,24,25)/p+1/t16-/m1/s1. The Bertz CT molecular complexity index is 865. The molecule has 2 N–H and O–H groups in total. The second kappa shape index (κ2) is 7.30. The summed E-state index contributed by atoms with van der Waals surface area (Å²) in [6.45, 7) is 6.19. The summed E-state index contributed by atoms with van der Waals surface area (Å²) in [5, 5.41) is 13.4. The highest BCUT2D eigenvalue weighted by molar-refractivity contribution is 5.67. The van der Waals surface area contributed by atoms with Gasteiger partial charge in [0.2, 0.25) is 0 Å². The van der Waals surface area contributed by atoms with Gasteiger partial charge in [-0.2, -0.15) is 5.26 Å². The van der Waals surface area contributed by atoms with Crippen LogP contribution in [-0.4, -0.2) is 24.9 Å². The molecule has 0 bridgehead atoms. The molecule has 2 aliphatic rings. The molecule has 140 valence electrons. The third-order valence-electron chi connectivity index (χ3n) is 5.38. The molecule has 0 spiro atoms. The van der Waals surface area contributed by atoms with E-state index in [9.17, 15) is 5.26 Å². The van der Waals surface area contributed by atoms with Gasteiger partial charge >= 0.3 is 0 Å². The van der Waals surface area contributed by atoms with Gasteiger partial charge in [-0.25, -0.2) is 4.98 Å². The first-order valence-electron chi connectivity index (χ1n) is 9.63. The maximum absolute atomic E-state index is 9.92. The zero-order chi connectivity index (χ0) is 18.9. The molecule has 1 fully saturated rings. The lowest BCUT2D eigenvalue weighted by Gasteiger charge is -2.32. The number of ether oxygens (including phenoxy) is 2. The number of aromatic nitrogens is 1. The van der Waals surface area contributed by atoms with Crippen LogP contribution in [0.4, 0.5) is 5.82 Å². The Balaban J connectivity index is 1.79. The number of benzene rings is 1. The van der Waals surface area contributed by atoms with Crippen molar-refractivity contribution < 1.29 is 14.5 Å². The average molecular weight is 364 g/mol. The molecule has 1 aromatic heterocycles.